The maximum absolute atomic E-state index is 12.8. The van der Waals surface area contributed by atoms with Gasteiger partial charge in [-0.1, -0.05) is 30.3 Å². The SMILES string of the molecule is O=C(NC1CCS(=O)(=O)c2ccccc21)c1cccc(NS(=O)(=O)c2cccs2)c1. The predicted octanol–water partition coefficient (Wildman–Crippen LogP) is 3.20. The topological polar surface area (TPSA) is 109 Å². The number of hydrogen-bond donors (Lipinski definition) is 2. The molecular formula is C20H18N2O5S3. The second-order valence-corrected chi connectivity index (χ2v) is 11.7. The Balaban J connectivity index is 1.55. The molecule has 3 aromatic rings. The lowest BCUT2D eigenvalue weighted by Crippen LogP contribution is -2.33. The molecule has 1 amide bonds. The zero-order valence-electron chi connectivity index (χ0n) is 15.6. The smallest absolute Gasteiger partial charge is 0.271 e. The number of thiophene rings is 1. The minimum absolute atomic E-state index is 0.0460. The van der Waals surface area contributed by atoms with Gasteiger partial charge in [0, 0.05) is 11.3 Å². The second-order valence-electron chi connectivity index (χ2n) is 6.79. The fraction of sp³-hybridized carbons (Fsp3) is 0.150. The van der Waals surface area contributed by atoms with Crippen LogP contribution >= 0.6 is 11.3 Å². The van der Waals surface area contributed by atoms with E-state index in [0.717, 1.165) is 11.3 Å². The van der Waals surface area contributed by atoms with Crippen molar-refractivity contribution in [3.05, 3.63) is 77.2 Å². The summed E-state index contributed by atoms with van der Waals surface area (Å²) >= 11 is 1.10. The fourth-order valence-corrected chi connectivity index (χ4v) is 6.99. The highest BCUT2D eigenvalue weighted by Crippen LogP contribution is 2.32. The van der Waals surface area contributed by atoms with Crippen molar-refractivity contribution in [3.8, 4) is 0 Å². The highest BCUT2D eigenvalue weighted by Gasteiger charge is 2.31. The Bertz CT molecular complexity index is 1300. The number of benzene rings is 2. The van der Waals surface area contributed by atoms with Crippen LogP contribution < -0.4 is 10.0 Å². The summed E-state index contributed by atoms with van der Waals surface area (Å²) in [5.41, 5.74) is 1.10. The molecule has 10 heteroatoms. The number of rotatable bonds is 5. The Labute approximate surface area is 178 Å². The van der Waals surface area contributed by atoms with E-state index >= 15 is 0 Å². The molecule has 7 nitrogen and oxygen atoms in total. The molecule has 0 bridgehead atoms. The van der Waals surface area contributed by atoms with Crippen LogP contribution in [0.5, 0.6) is 0 Å². The molecule has 156 valence electrons. The van der Waals surface area contributed by atoms with Crippen LogP contribution in [0.1, 0.15) is 28.4 Å². The summed E-state index contributed by atoms with van der Waals surface area (Å²) in [5, 5.41) is 4.54. The van der Waals surface area contributed by atoms with Gasteiger partial charge in [-0.25, -0.2) is 16.8 Å². The van der Waals surface area contributed by atoms with Gasteiger partial charge in [0.2, 0.25) is 0 Å². The molecule has 1 aliphatic rings. The summed E-state index contributed by atoms with van der Waals surface area (Å²) in [4.78, 5) is 13.0. The van der Waals surface area contributed by atoms with Crippen LogP contribution in [0.4, 0.5) is 5.69 Å². The summed E-state index contributed by atoms with van der Waals surface area (Å²) in [6.07, 6.45) is 0.274. The van der Waals surface area contributed by atoms with E-state index in [1.165, 1.54) is 12.1 Å². The number of sulfone groups is 1. The molecule has 0 radical (unpaired) electrons. The lowest BCUT2D eigenvalue weighted by molar-refractivity contribution is 0.0934. The quantitative estimate of drug-likeness (QED) is 0.605. The van der Waals surface area contributed by atoms with E-state index in [0.29, 0.717) is 5.56 Å². The van der Waals surface area contributed by atoms with Crippen LogP contribution in [0.3, 0.4) is 0 Å². The second kappa shape index (κ2) is 7.86. The Morgan fingerprint density at radius 2 is 1.83 bits per heavy atom. The largest absolute Gasteiger partial charge is 0.345 e. The van der Waals surface area contributed by atoms with E-state index in [1.807, 2.05) is 0 Å². The van der Waals surface area contributed by atoms with Crippen molar-refractivity contribution in [1.29, 1.82) is 0 Å². The van der Waals surface area contributed by atoms with Crippen molar-refractivity contribution in [3.63, 3.8) is 0 Å². The monoisotopic (exact) mass is 462 g/mol. The summed E-state index contributed by atoms with van der Waals surface area (Å²) in [5.74, 6) is -0.457. The van der Waals surface area contributed by atoms with E-state index in [-0.39, 0.29) is 32.5 Å². The number of amides is 1. The standard InChI is InChI=1S/C20H18N2O5S3/c23-20(21-17-10-12-29(24,25)18-8-2-1-7-16(17)18)14-5-3-6-15(13-14)22-30(26,27)19-9-4-11-28-19/h1-9,11,13,17,22H,10,12H2,(H,21,23). The lowest BCUT2D eigenvalue weighted by Gasteiger charge is -2.26. The first-order valence-electron chi connectivity index (χ1n) is 9.05. The van der Waals surface area contributed by atoms with E-state index < -0.39 is 31.8 Å². The van der Waals surface area contributed by atoms with Gasteiger partial charge in [0.25, 0.3) is 15.9 Å². The van der Waals surface area contributed by atoms with Crippen molar-refractivity contribution in [1.82, 2.24) is 5.32 Å². The molecule has 0 saturated carbocycles. The normalized spacial score (nSPS) is 17.7. The van der Waals surface area contributed by atoms with Crippen LogP contribution in [0, 0.1) is 0 Å². The van der Waals surface area contributed by atoms with Crippen molar-refractivity contribution >= 4 is 42.8 Å². The highest BCUT2D eigenvalue weighted by atomic mass is 32.2. The Morgan fingerprint density at radius 3 is 2.60 bits per heavy atom. The number of fused-ring (bicyclic) bond motifs is 1. The van der Waals surface area contributed by atoms with Gasteiger partial charge in [0.05, 0.1) is 16.7 Å². The highest BCUT2D eigenvalue weighted by molar-refractivity contribution is 7.94. The number of nitrogens with one attached hydrogen (secondary N) is 2. The zero-order valence-corrected chi connectivity index (χ0v) is 18.1. The molecule has 0 spiro atoms. The van der Waals surface area contributed by atoms with Gasteiger partial charge in [-0.05, 0) is 47.7 Å². The minimum atomic E-state index is -3.72. The van der Waals surface area contributed by atoms with Gasteiger partial charge in [0.1, 0.15) is 4.21 Å². The number of carbonyl (C=O) groups excluding carboxylic acids is 1. The van der Waals surface area contributed by atoms with Gasteiger partial charge >= 0.3 is 0 Å². The first-order chi connectivity index (χ1) is 14.3. The Morgan fingerprint density at radius 1 is 1.03 bits per heavy atom. The number of sulfonamides is 1. The van der Waals surface area contributed by atoms with Crippen LogP contribution in [-0.4, -0.2) is 28.5 Å². The predicted molar refractivity (Wildman–Crippen MR) is 115 cm³/mol. The molecule has 30 heavy (non-hydrogen) atoms. The molecule has 1 aliphatic heterocycles. The fourth-order valence-electron chi connectivity index (χ4n) is 3.33. The first-order valence-corrected chi connectivity index (χ1v) is 13.1. The van der Waals surface area contributed by atoms with Crippen molar-refractivity contribution in [2.45, 2.75) is 21.6 Å². The average Bonchev–Trinajstić information content (AvgIpc) is 3.26. The summed E-state index contributed by atoms with van der Waals surface area (Å²) in [7, 11) is -7.07. The summed E-state index contributed by atoms with van der Waals surface area (Å²) in [6, 6.07) is 15.5. The molecule has 1 atom stereocenters. The van der Waals surface area contributed by atoms with E-state index in [9.17, 15) is 21.6 Å². The van der Waals surface area contributed by atoms with Crippen molar-refractivity contribution in [2.75, 3.05) is 10.5 Å². The van der Waals surface area contributed by atoms with Gasteiger partial charge in [-0.15, -0.1) is 11.3 Å². The molecule has 1 unspecified atom stereocenters. The van der Waals surface area contributed by atoms with E-state index in [1.54, 1.807) is 53.9 Å². The van der Waals surface area contributed by atoms with Gasteiger partial charge in [0.15, 0.2) is 9.84 Å². The minimum Gasteiger partial charge on any atom is -0.345 e. The lowest BCUT2D eigenvalue weighted by atomic mass is 10.0. The van der Waals surface area contributed by atoms with Crippen molar-refractivity contribution in [2.24, 2.45) is 0 Å². The van der Waals surface area contributed by atoms with E-state index in [4.69, 9.17) is 0 Å². The molecule has 0 fully saturated rings. The molecule has 2 N–H and O–H groups in total. The van der Waals surface area contributed by atoms with Crippen molar-refractivity contribution < 1.29 is 21.6 Å². The molecule has 0 aliphatic carbocycles. The van der Waals surface area contributed by atoms with Crippen LogP contribution in [0.2, 0.25) is 0 Å². The molecule has 1 aromatic heterocycles. The number of hydrogen-bond acceptors (Lipinski definition) is 6. The van der Waals surface area contributed by atoms with Gasteiger partial charge < -0.3 is 5.32 Å². The Kier molecular flexibility index (Phi) is 5.39. The van der Waals surface area contributed by atoms with Gasteiger partial charge in [-0.3, -0.25) is 9.52 Å². The van der Waals surface area contributed by atoms with Crippen LogP contribution in [0.15, 0.2) is 75.1 Å². The third-order valence-corrected chi connectivity index (χ3v) is 9.34. The maximum Gasteiger partial charge on any atom is 0.271 e. The third-order valence-electron chi connectivity index (χ3n) is 4.75. The zero-order chi connectivity index (χ0) is 21.4. The number of anilines is 1. The Hall–Kier alpha value is -2.69. The maximum atomic E-state index is 12.8. The van der Waals surface area contributed by atoms with Crippen LogP contribution in [-0.2, 0) is 19.9 Å². The van der Waals surface area contributed by atoms with Gasteiger partial charge in [-0.2, -0.15) is 0 Å². The molecule has 4 rings (SSSR count). The molecule has 2 heterocycles. The van der Waals surface area contributed by atoms with Crippen LogP contribution in [0.25, 0.3) is 0 Å². The first kappa shape index (κ1) is 20.6. The molecule has 0 saturated heterocycles. The summed E-state index contributed by atoms with van der Waals surface area (Å²) in [6.45, 7) is 0. The third kappa shape index (κ3) is 4.11. The molecular weight excluding hydrogens is 444 g/mol. The number of carbonyl (C=O) groups is 1. The van der Waals surface area contributed by atoms with E-state index in [2.05, 4.69) is 10.0 Å². The molecule has 2 aromatic carbocycles. The summed E-state index contributed by atoms with van der Waals surface area (Å²) < 4.78 is 52.0. The average molecular weight is 463 g/mol.